The molecule has 1 aliphatic heterocycles. The Hall–Kier alpha value is -1.53. The Morgan fingerprint density at radius 1 is 1.41 bits per heavy atom. The fraction of sp³-hybridized carbons (Fsp3) is 0.364. The number of anilines is 1. The molecule has 2 aromatic rings. The van der Waals surface area contributed by atoms with E-state index in [1.54, 1.807) is 4.90 Å². The molecule has 1 amide bonds. The Balaban J connectivity index is 1.95. The van der Waals surface area contributed by atoms with Crippen LogP contribution in [0.5, 0.6) is 0 Å². The molecular weight excluding hydrogens is 236 g/mol. The summed E-state index contributed by atoms with van der Waals surface area (Å²) in [5.41, 5.74) is 8.23. The van der Waals surface area contributed by atoms with E-state index in [1.165, 1.54) is 11.7 Å². The highest BCUT2D eigenvalue weighted by atomic mass is 32.1. The van der Waals surface area contributed by atoms with Gasteiger partial charge < -0.3 is 10.6 Å². The van der Waals surface area contributed by atoms with Crippen LogP contribution in [0.25, 0.3) is 11.0 Å². The van der Waals surface area contributed by atoms with E-state index >= 15 is 0 Å². The summed E-state index contributed by atoms with van der Waals surface area (Å²) in [6, 6.07) is 5.73. The number of amides is 1. The van der Waals surface area contributed by atoms with Crippen molar-refractivity contribution in [1.29, 1.82) is 0 Å². The lowest BCUT2D eigenvalue weighted by Gasteiger charge is -2.16. The van der Waals surface area contributed by atoms with Gasteiger partial charge in [-0.15, -0.1) is 0 Å². The van der Waals surface area contributed by atoms with Gasteiger partial charge >= 0.3 is 0 Å². The van der Waals surface area contributed by atoms with Crippen molar-refractivity contribution in [2.45, 2.75) is 6.42 Å². The van der Waals surface area contributed by atoms with E-state index in [0.29, 0.717) is 19.5 Å². The molecule has 6 heteroatoms. The van der Waals surface area contributed by atoms with Gasteiger partial charge in [-0.05, 0) is 30.7 Å². The molecule has 0 spiro atoms. The van der Waals surface area contributed by atoms with Crippen LogP contribution in [0.4, 0.5) is 5.69 Å². The maximum absolute atomic E-state index is 11.9. The summed E-state index contributed by atoms with van der Waals surface area (Å²) in [7, 11) is 0. The molecule has 5 nitrogen and oxygen atoms in total. The molecule has 1 unspecified atom stereocenters. The molecule has 1 aromatic heterocycles. The van der Waals surface area contributed by atoms with Gasteiger partial charge in [0.2, 0.25) is 5.91 Å². The van der Waals surface area contributed by atoms with Gasteiger partial charge in [0.05, 0.1) is 11.7 Å². The number of aromatic nitrogens is 2. The SMILES string of the molecule is NCC1CC(=O)N(c2ccc3nsnc3c2)C1. The van der Waals surface area contributed by atoms with E-state index < -0.39 is 0 Å². The van der Waals surface area contributed by atoms with Gasteiger partial charge in [-0.1, -0.05) is 0 Å². The van der Waals surface area contributed by atoms with Gasteiger partial charge in [-0.3, -0.25) is 4.79 Å². The summed E-state index contributed by atoms with van der Waals surface area (Å²) in [6.45, 7) is 1.27. The Morgan fingerprint density at radius 2 is 2.24 bits per heavy atom. The zero-order valence-corrected chi connectivity index (χ0v) is 9.98. The maximum Gasteiger partial charge on any atom is 0.227 e. The minimum atomic E-state index is 0.142. The summed E-state index contributed by atoms with van der Waals surface area (Å²) in [4.78, 5) is 13.6. The number of carbonyl (C=O) groups is 1. The summed E-state index contributed by atoms with van der Waals surface area (Å²) in [5, 5.41) is 0. The number of carbonyl (C=O) groups excluding carboxylic acids is 1. The van der Waals surface area contributed by atoms with Crippen LogP contribution in [0.1, 0.15) is 6.42 Å². The van der Waals surface area contributed by atoms with Crippen molar-refractivity contribution < 1.29 is 4.79 Å². The van der Waals surface area contributed by atoms with Crippen LogP contribution in [0.2, 0.25) is 0 Å². The second kappa shape index (κ2) is 4.05. The number of fused-ring (bicyclic) bond motifs is 1. The first-order valence-corrected chi connectivity index (χ1v) is 6.23. The highest BCUT2D eigenvalue weighted by Gasteiger charge is 2.29. The second-order valence-electron chi connectivity index (χ2n) is 4.25. The topological polar surface area (TPSA) is 72.1 Å². The smallest absolute Gasteiger partial charge is 0.227 e. The van der Waals surface area contributed by atoms with E-state index in [1.807, 2.05) is 18.2 Å². The molecule has 3 rings (SSSR count). The number of hydrogen-bond donors (Lipinski definition) is 1. The molecule has 2 N–H and O–H groups in total. The predicted molar refractivity (Wildman–Crippen MR) is 66.9 cm³/mol. The van der Waals surface area contributed by atoms with Crippen molar-refractivity contribution in [3.8, 4) is 0 Å². The van der Waals surface area contributed by atoms with Gasteiger partial charge in [-0.25, -0.2) is 0 Å². The van der Waals surface area contributed by atoms with Crippen LogP contribution < -0.4 is 10.6 Å². The van der Waals surface area contributed by atoms with Crippen molar-refractivity contribution >= 4 is 34.4 Å². The fourth-order valence-corrected chi connectivity index (χ4v) is 2.64. The summed E-state index contributed by atoms with van der Waals surface area (Å²) in [6.07, 6.45) is 0.545. The highest BCUT2D eigenvalue weighted by molar-refractivity contribution is 7.00. The monoisotopic (exact) mass is 248 g/mol. The lowest BCUT2D eigenvalue weighted by molar-refractivity contribution is -0.117. The first kappa shape index (κ1) is 10.6. The van der Waals surface area contributed by atoms with Crippen LogP contribution in [0, 0.1) is 5.92 Å². The minimum absolute atomic E-state index is 0.142. The molecule has 0 bridgehead atoms. The number of benzene rings is 1. The maximum atomic E-state index is 11.9. The van der Waals surface area contributed by atoms with Crippen LogP contribution in [0.3, 0.4) is 0 Å². The number of nitrogens with zero attached hydrogens (tertiary/aromatic N) is 3. The van der Waals surface area contributed by atoms with Gasteiger partial charge in [0.1, 0.15) is 11.0 Å². The second-order valence-corrected chi connectivity index (χ2v) is 4.78. The number of hydrogen-bond acceptors (Lipinski definition) is 5. The Labute approximate surface area is 103 Å². The highest BCUT2D eigenvalue weighted by Crippen LogP contribution is 2.26. The van der Waals surface area contributed by atoms with Crippen molar-refractivity contribution in [3.63, 3.8) is 0 Å². The minimum Gasteiger partial charge on any atom is -0.330 e. The van der Waals surface area contributed by atoms with Crippen molar-refractivity contribution in [2.75, 3.05) is 18.0 Å². The summed E-state index contributed by atoms with van der Waals surface area (Å²) in [5.74, 6) is 0.412. The molecule has 1 aliphatic rings. The quantitative estimate of drug-likeness (QED) is 0.860. The zero-order valence-electron chi connectivity index (χ0n) is 9.17. The van der Waals surface area contributed by atoms with E-state index in [9.17, 15) is 4.79 Å². The van der Waals surface area contributed by atoms with Crippen LogP contribution in [-0.4, -0.2) is 27.7 Å². The molecule has 0 radical (unpaired) electrons. The first-order valence-electron chi connectivity index (χ1n) is 5.50. The summed E-state index contributed by atoms with van der Waals surface area (Å²) >= 11 is 1.19. The van der Waals surface area contributed by atoms with Gasteiger partial charge in [0.15, 0.2) is 0 Å². The first-order chi connectivity index (χ1) is 8.28. The molecule has 1 saturated heterocycles. The molecule has 0 saturated carbocycles. The summed E-state index contributed by atoms with van der Waals surface area (Å²) < 4.78 is 8.33. The molecule has 88 valence electrons. The average Bonchev–Trinajstić information content (AvgIpc) is 2.93. The standard InChI is InChI=1S/C11H12N4OS/c12-5-7-3-11(16)15(6-7)8-1-2-9-10(4-8)14-17-13-9/h1-2,4,7H,3,5-6,12H2. The molecule has 1 atom stereocenters. The molecular formula is C11H12N4OS. The van der Waals surface area contributed by atoms with Crippen molar-refractivity contribution in [2.24, 2.45) is 11.7 Å². The van der Waals surface area contributed by atoms with Gasteiger partial charge in [0, 0.05) is 18.7 Å². The normalized spacial score (nSPS) is 20.4. The van der Waals surface area contributed by atoms with E-state index in [2.05, 4.69) is 8.75 Å². The zero-order chi connectivity index (χ0) is 11.8. The Bertz CT molecular complexity index is 567. The van der Waals surface area contributed by atoms with Gasteiger partial charge in [-0.2, -0.15) is 8.75 Å². The lowest BCUT2D eigenvalue weighted by Crippen LogP contribution is -2.25. The molecule has 2 heterocycles. The largest absolute Gasteiger partial charge is 0.330 e. The molecule has 1 aromatic carbocycles. The lowest BCUT2D eigenvalue weighted by atomic mass is 10.1. The van der Waals surface area contributed by atoms with E-state index in [0.717, 1.165) is 16.7 Å². The van der Waals surface area contributed by atoms with Crippen LogP contribution >= 0.6 is 11.7 Å². The number of rotatable bonds is 2. The van der Waals surface area contributed by atoms with Crippen molar-refractivity contribution in [1.82, 2.24) is 8.75 Å². The van der Waals surface area contributed by atoms with E-state index in [-0.39, 0.29) is 11.8 Å². The third kappa shape index (κ3) is 1.79. The molecule has 0 aliphatic carbocycles. The Morgan fingerprint density at radius 3 is 3.00 bits per heavy atom. The predicted octanol–water partition coefficient (Wildman–Crippen LogP) is 1.00. The fourth-order valence-electron chi connectivity index (χ4n) is 2.13. The molecule has 1 fully saturated rings. The van der Waals surface area contributed by atoms with Crippen molar-refractivity contribution in [3.05, 3.63) is 18.2 Å². The van der Waals surface area contributed by atoms with E-state index in [4.69, 9.17) is 5.73 Å². The third-order valence-electron chi connectivity index (χ3n) is 3.09. The Kier molecular flexibility index (Phi) is 2.53. The third-order valence-corrected chi connectivity index (χ3v) is 3.64. The van der Waals surface area contributed by atoms with Crippen LogP contribution in [0.15, 0.2) is 18.2 Å². The average molecular weight is 248 g/mol. The van der Waals surface area contributed by atoms with Crippen LogP contribution in [-0.2, 0) is 4.79 Å². The molecule has 17 heavy (non-hydrogen) atoms. The number of nitrogens with two attached hydrogens (primary N) is 1. The van der Waals surface area contributed by atoms with Gasteiger partial charge in [0.25, 0.3) is 0 Å².